The van der Waals surface area contributed by atoms with Gasteiger partial charge in [-0.1, -0.05) is 6.07 Å². The molecule has 0 aliphatic heterocycles. The second kappa shape index (κ2) is 4.05. The predicted octanol–water partition coefficient (Wildman–Crippen LogP) is 2.07. The topological polar surface area (TPSA) is 66.0 Å². The number of hydrogen-bond acceptors (Lipinski definition) is 3. The lowest BCUT2D eigenvalue weighted by Crippen LogP contribution is -2.14. The first kappa shape index (κ1) is 11.4. The van der Waals surface area contributed by atoms with Crippen molar-refractivity contribution < 1.29 is 5.11 Å². The first-order valence-corrected chi connectivity index (χ1v) is 5.36. The Bertz CT molecular complexity index is 630. The molecule has 2 N–H and O–H groups in total. The van der Waals surface area contributed by atoms with Crippen LogP contribution in [-0.4, -0.2) is 15.3 Å². The van der Waals surface area contributed by atoms with Crippen LogP contribution in [0.3, 0.4) is 0 Å². The number of aromatic hydroxyl groups is 1. The molecule has 0 unspecified atom stereocenters. The quantitative estimate of drug-likeness (QED) is 0.788. The van der Waals surface area contributed by atoms with E-state index in [9.17, 15) is 9.90 Å². The summed E-state index contributed by atoms with van der Waals surface area (Å²) >= 11 is 0. The minimum Gasteiger partial charge on any atom is -0.508 e. The highest BCUT2D eigenvalue weighted by molar-refractivity contribution is 5.72. The van der Waals surface area contributed by atoms with Crippen LogP contribution < -0.4 is 5.56 Å². The van der Waals surface area contributed by atoms with Crippen molar-refractivity contribution in [2.75, 3.05) is 0 Å². The zero-order valence-corrected chi connectivity index (χ0v) is 10.0. The van der Waals surface area contributed by atoms with Crippen LogP contribution in [0.5, 0.6) is 5.75 Å². The highest BCUT2D eigenvalue weighted by atomic mass is 16.3. The molecule has 2 aromatic rings. The molecule has 4 nitrogen and oxygen atoms in total. The van der Waals surface area contributed by atoms with Crippen LogP contribution in [-0.2, 0) is 0 Å². The summed E-state index contributed by atoms with van der Waals surface area (Å²) in [5.41, 5.74) is 3.92. The molecule has 0 bridgehead atoms. The molecule has 0 fully saturated rings. The number of rotatable bonds is 1. The highest BCUT2D eigenvalue weighted by Crippen LogP contribution is 2.29. The summed E-state index contributed by atoms with van der Waals surface area (Å²) in [4.78, 5) is 11.6. The minimum absolute atomic E-state index is 0.182. The number of nitrogens with zero attached hydrogens (tertiary/aromatic N) is 1. The van der Waals surface area contributed by atoms with Gasteiger partial charge in [0.15, 0.2) is 0 Å². The van der Waals surface area contributed by atoms with Crippen LogP contribution in [0, 0.1) is 20.8 Å². The molecule has 0 saturated carbocycles. The summed E-state index contributed by atoms with van der Waals surface area (Å²) < 4.78 is 0. The van der Waals surface area contributed by atoms with E-state index in [1.807, 2.05) is 13.8 Å². The summed E-state index contributed by atoms with van der Waals surface area (Å²) in [6.45, 7) is 5.52. The normalized spacial score (nSPS) is 10.5. The number of phenols is 1. The molecular weight excluding hydrogens is 216 g/mol. The van der Waals surface area contributed by atoms with Gasteiger partial charge < -0.3 is 5.11 Å². The lowest BCUT2D eigenvalue weighted by molar-refractivity contribution is 0.475. The van der Waals surface area contributed by atoms with Gasteiger partial charge in [0.1, 0.15) is 5.75 Å². The van der Waals surface area contributed by atoms with Gasteiger partial charge in [0, 0.05) is 11.1 Å². The number of aryl methyl sites for hydroxylation is 2. The maximum absolute atomic E-state index is 11.6. The number of nitrogens with one attached hydrogen (secondary N) is 1. The van der Waals surface area contributed by atoms with E-state index in [-0.39, 0.29) is 11.3 Å². The molecule has 0 radical (unpaired) electrons. The van der Waals surface area contributed by atoms with Gasteiger partial charge >= 0.3 is 0 Å². The number of benzene rings is 1. The fourth-order valence-corrected chi connectivity index (χ4v) is 1.98. The average Bonchev–Trinajstić information content (AvgIpc) is 2.27. The van der Waals surface area contributed by atoms with Crippen molar-refractivity contribution in [2.45, 2.75) is 20.8 Å². The van der Waals surface area contributed by atoms with E-state index >= 15 is 0 Å². The molecule has 1 heterocycles. The molecule has 2 rings (SSSR count). The Balaban J connectivity index is 2.77. The third-order valence-corrected chi connectivity index (χ3v) is 2.88. The highest BCUT2D eigenvalue weighted by Gasteiger charge is 2.12. The number of aromatic amines is 1. The molecule has 0 aliphatic carbocycles. The van der Waals surface area contributed by atoms with Gasteiger partial charge in [-0.05, 0) is 44.0 Å². The second-order valence-corrected chi connectivity index (χ2v) is 4.14. The van der Waals surface area contributed by atoms with Crippen LogP contribution in [0.1, 0.15) is 16.8 Å². The smallest absolute Gasteiger partial charge is 0.267 e. The van der Waals surface area contributed by atoms with E-state index in [0.29, 0.717) is 5.56 Å². The summed E-state index contributed by atoms with van der Waals surface area (Å²) in [5, 5.41) is 15.8. The van der Waals surface area contributed by atoms with Crippen LogP contribution in [0.15, 0.2) is 23.0 Å². The molecule has 0 saturated heterocycles. The van der Waals surface area contributed by atoms with Crippen LogP contribution in [0.4, 0.5) is 0 Å². The Morgan fingerprint density at radius 1 is 1.24 bits per heavy atom. The molecule has 1 aromatic carbocycles. The average molecular weight is 230 g/mol. The van der Waals surface area contributed by atoms with E-state index in [0.717, 1.165) is 22.4 Å². The standard InChI is InChI=1S/C13H14N2O2/c1-7-6-10(16)4-5-11(7)12-8(2)13(17)15-14-9(12)3/h4-6,16H,1-3H3,(H,15,17). The van der Waals surface area contributed by atoms with Gasteiger partial charge in [-0.25, -0.2) is 5.10 Å². The maximum atomic E-state index is 11.6. The Morgan fingerprint density at radius 2 is 1.94 bits per heavy atom. The fraction of sp³-hybridized carbons (Fsp3) is 0.231. The summed E-state index contributed by atoms with van der Waals surface area (Å²) in [6.07, 6.45) is 0. The maximum Gasteiger partial charge on any atom is 0.267 e. The molecule has 0 amide bonds. The van der Waals surface area contributed by atoms with E-state index in [2.05, 4.69) is 10.2 Å². The lowest BCUT2D eigenvalue weighted by atomic mass is 9.96. The van der Waals surface area contributed by atoms with Gasteiger partial charge in [-0.15, -0.1) is 0 Å². The van der Waals surface area contributed by atoms with Crippen molar-refractivity contribution in [3.63, 3.8) is 0 Å². The molecule has 88 valence electrons. The minimum atomic E-state index is -0.182. The molecule has 0 aliphatic rings. The summed E-state index contributed by atoms with van der Waals surface area (Å²) in [7, 11) is 0. The molecule has 0 spiro atoms. The van der Waals surface area contributed by atoms with Crippen molar-refractivity contribution in [3.8, 4) is 16.9 Å². The number of phenolic OH excluding ortho intramolecular Hbond substituents is 1. The zero-order valence-electron chi connectivity index (χ0n) is 10.0. The van der Waals surface area contributed by atoms with Gasteiger partial charge in [-0.3, -0.25) is 4.79 Å². The number of H-pyrrole nitrogens is 1. The van der Waals surface area contributed by atoms with Crippen LogP contribution in [0.25, 0.3) is 11.1 Å². The van der Waals surface area contributed by atoms with Gasteiger partial charge in [0.2, 0.25) is 0 Å². The Labute approximate surface area is 98.9 Å². The van der Waals surface area contributed by atoms with Gasteiger partial charge in [0.05, 0.1) is 5.69 Å². The first-order chi connectivity index (χ1) is 8.00. The summed E-state index contributed by atoms with van der Waals surface area (Å²) in [6, 6.07) is 5.10. The predicted molar refractivity (Wildman–Crippen MR) is 66.2 cm³/mol. The van der Waals surface area contributed by atoms with Gasteiger partial charge in [0.25, 0.3) is 5.56 Å². The van der Waals surface area contributed by atoms with Crippen molar-refractivity contribution >= 4 is 0 Å². The lowest BCUT2D eigenvalue weighted by Gasteiger charge is -2.11. The van der Waals surface area contributed by atoms with E-state index in [4.69, 9.17) is 0 Å². The van der Waals surface area contributed by atoms with Crippen molar-refractivity contribution in [1.29, 1.82) is 0 Å². The Kier molecular flexibility index (Phi) is 2.71. The molecule has 0 atom stereocenters. The molecule has 4 heteroatoms. The number of aromatic nitrogens is 2. The molecular formula is C13H14N2O2. The molecule has 1 aromatic heterocycles. The first-order valence-electron chi connectivity index (χ1n) is 5.36. The zero-order chi connectivity index (χ0) is 12.6. The fourth-order valence-electron chi connectivity index (χ4n) is 1.98. The van der Waals surface area contributed by atoms with Crippen molar-refractivity contribution in [2.24, 2.45) is 0 Å². The van der Waals surface area contributed by atoms with E-state index in [1.54, 1.807) is 25.1 Å². The third kappa shape index (κ3) is 1.93. The second-order valence-electron chi connectivity index (χ2n) is 4.14. The number of hydrogen-bond donors (Lipinski definition) is 2. The van der Waals surface area contributed by atoms with E-state index in [1.165, 1.54) is 0 Å². The van der Waals surface area contributed by atoms with Crippen LogP contribution >= 0.6 is 0 Å². The third-order valence-electron chi connectivity index (χ3n) is 2.88. The van der Waals surface area contributed by atoms with Crippen molar-refractivity contribution in [1.82, 2.24) is 10.2 Å². The van der Waals surface area contributed by atoms with Crippen LogP contribution in [0.2, 0.25) is 0 Å². The Hall–Kier alpha value is -2.10. The van der Waals surface area contributed by atoms with E-state index < -0.39 is 0 Å². The van der Waals surface area contributed by atoms with Crippen molar-refractivity contribution in [3.05, 3.63) is 45.4 Å². The monoisotopic (exact) mass is 230 g/mol. The Morgan fingerprint density at radius 3 is 2.59 bits per heavy atom. The molecule has 17 heavy (non-hydrogen) atoms. The summed E-state index contributed by atoms with van der Waals surface area (Å²) in [5.74, 6) is 0.222. The van der Waals surface area contributed by atoms with Gasteiger partial charge in [-0.2, -0.15) is 5.10 Å². The SMILES string of the molecule is Cc1cc(O)ccc1-c1c(C)n[nH]c(=O)c1C. The largest absolute Gasteiger partial charge is 0.508 e.